The summed E-state index contributed by atoms with van der Waals surface area (Å²) in [6.07, 6.45) is 1.13. The number of barbiturate groups is 1. The minimum absolute atomic E-state index is 0.294. The first-order valence-corrected chi connectivity index (χ1v) is 6.46. The average Bonchev–Trinajstić information content (AvgIpc) is 2.49. The fraction of sp³-hybridized carbons (Fsp3) is 0.200. The molecule has 0 bridgehead atoms. The van der Waals surface area contributed by atoms with Gasteiger partial charge in [0.05, 0.1) is 0 Å². The summed E-state index contributed by atoms with van der Waals surface area (Å²) in [5.74, 6) is -2.12. The lowest BCUT2D eigenvalue weighted by atomic mass is 9.75. The highest BCUT2D eigenvalue weighted by atomic mass is 16.4. The maximum atomic E-state index is 12.0. The van der Waals surface area contributed by atoms with Crippen molar-refractivity contribution in [2.75, 3.05) is 0 Å². The van der Waals surface area contributed by atoms with Crippen LogP contribution in [-0.2, 0) is 19.8 Å². The third kappa shape index (κ3) is 3.38. The van der Waals surface area contributed by atoms with Gasteiger partial charge in [0, 0.05) is 6.08 Å². The number of carboxylic acid groups (broad SMARTS) is 1. The number of amides is 4. The molecule has 3 N–H and O–H groups in total. The Morgan fingerprint density at radius 3 is 2.00 bits per heavy atom. The van der Waals surface area contributed by atoms with E-state index in [4.69, 9.17) is 5.11 Å². The summed E-state index contributed by atoms with van der Waals surface area (Å²) >= 11 is 0. The van der Waals surface area contributed by atoms with Crippen molar-refractivity contribution in [2.24, 2.45) is 0 Å². The Morgan fingerprint density at radius 2 is 1.64 bits per heavy atom. The van der Waals surface area contributed by atoms with Crippen LogP contribution in [0.25, 0.3) is 0 Å². The van der Waals surface area contributed by atoms with Gasteiger partial charge in [-0.05, 0) is 12.0 Å². The Balaban J connectivity index is 0.000000422. The van der Waals surface area contributed by atoms with Crippen molar-refractivity contribution in [1.82, 2.24) is 10.6 Å². The van der Waals surface area contributed by atoms with E-state index in [0.29, 0.717) is 12.0 Å². The normalized spacial score (nSPS) is 15.8. The molecule has 2 rings (SSSR count). The lowest BCUT2D eigenvalue weighted by molar-refractivity contribution is -0.138. The van der Waals surface area contributed by atoms with Gasteiger partial charge in [-0.25, -0.2) is 9.59 Å². The van der Waals surface area contributed by atoms with Crippen LogP contribution in [0.15, 0.2) is 43.0 Å². The van der Waals surface area contributed by atoms with Gasteiger partial charge in [0.15, 0.2) is 5.41 Å². The Morgan fingerprint density at radius 1 is 1.18 bits per heavy atom. The lowest BCUT2D eigenvalue weighted by Gasteiger charge is -2.33. The van der Waals surface area contributed by atoms with Crippen LogP contribution < -0.4 is 10.6 Å². The zero-order valence-corrected chi connectivity index (χ0v) is 12.0. The molecule has 22 heavy (non-hydrogen) atoms. The van der Waals surface area contributed by atoms with Gasteiger partial charge >= 0.3 is 12.0 Å². The predicted molar refractivity (Wildman–Crippen MR) is 77.9 cm³/mol. The van der Waals surface area contributed by atoms with Gasteiger partial charge in [-0.1, -0.05) is 43.8 Å². The Bertz CT molecular complexity index is 590. The molecule has 7 heteroatoms. The Kier molecular flexibility index (Phi) is 5.57. The highest BCUT2D eigenvalue weighted by Gasteiger charge is 2.50. The number of carbonyl (C=O) groups is 4. The number of carboxylic acids is 1. The van der Waals surface area contributed by atoms with Crippen LogP contribution in [0.1, 0.15) is 18.9 Å². The molecule has 4 amide bonds. The molecule has 1 aromatic rings. The summed E-state index contributed by atoms with van der Waals surface area (Å²) in [4.78, 5) is 44.3. The zero-order chi connectivity index (χ0) is 16.8. The minimum Gasteiger partial charge on any atom is -0.478 e. The lowest BCUT2D eigenvalue weighted by Crippen LogP contribution is -2.64. The molecule has 0 aliphatic carbocycles. The van der Waals surface area contributed by atoms with Crippen molar-refractivity contribution in [3.8, 4) is 0 Å². The summed E-state index contributed by atoms with van der Waals surface area (Å²) in [6, 6.07) is 7.96. The smallest absolute Gasteiger partial charge is 0.328 e. The fourth-order valence-corrected chi connectivity index (χ4v) is 2.06. The van der Waals surface area contributed by atoms with E-state index >= 15 is 0 Å². The number of hydrogen-bond donors (Lipinski definition) is 3. The van der Waals surface area contributed by atoms with Crippen molar-refractivity contribution >= 4 is 23.8 Å². The molecular formula is C15H16N2O5. The maximum absolute atomic E-state index is 12.0. The van der Waals surface area contributed by atoms with Crippen LogP contribution in [0.2, 0.25) is 0 Å². The number of benzene rings is 1. The molecule has 1 aliphatic heterocycles. The van der Waals surface area contributed by atoms with Crippen LogP contribution >= 0.6 is 0 Å². The largest absolute Gasteiger partial charge is 0.478 e. The summed E-state index contributed by atoms with van der Waals surface area (Å²) < 4.78 is 0. The van der Waals surface area contributed by atoms with Crippen molar-refractivity contribution in [1.29, 1.82) is 0 Å². The fourth-order valence-electron chi connectivity index (χ4n) is 2.06. The van der Waals surface area contributed by atoms with E-state index in [0.717, 1.165) is 6.08 Å². The van der Waals surface area contributed by atoms with Crippen LogP contribution in [0.4, 0.5) is 4.79 Å². The second-order valence-corrected chi connectivity index (χ2v) is 4.40. The summed E-state index contributed by atoms with van der Waals surface area (Å²) in [7, 11) is 0. The topological polar surface area (TPSA) is 113 Å². The van der Waals surface area contributed by atoms with Gasteiger partial charge in [0.25, 0.3) is 0 Å². The van der Waals surface area contributed by atoms with Crippen LogP contribution in [0, 0.1) is 0 Å². The zero-order valence-electron chi connectivity index (χ0n) is 12.0. The van der Waals surface area contributed by atoms with E-state index < -0.39 is 29.2 Å². The summed E-state index contributed by atoms with van der Waals surface area (Å²) in [5.41, 5.74) is -0.722. The third-order valence-corrected chi connectivity index (χ3v) is 3.20. The second kappa shape index (κ2) is 7.16. The highest BCUT2D eigenvalue weighted by molar-refractivity contribution is 6.22. The van der Waals surface area contributed by atoms with E-state index in [2.05, 4.69) is 17.2 Å². The molecule has 0 unspecified atom stereocenters. The Labute approximate surface area is 127 Å². The molecule has 1 heterocycles. The maximum Gasteiger partial charge on any atom is 0.328 e. The van der Waals surface area contributed by atoms with Crippen LogP contribution in [-0.4, -0.2) is 28.9 Å². The molecule has 116 valence electrons. The van der Waals surface area contributed by atoms with E-state index in [1.807, 2.05) is 0 Å². The van der Waals surface area contributed by atoms with Crippen molar-refractivity contribution in [3.05, 3.63) is 48.6 Å². The number of aliphatic carboxylic acids is 1. The minimum atomic E-state index is -1.31. The number of carbonyl (C=O) groups excluding carboxylic acids is 3. The number of hydrogen-bond acceptors (Lipinski definition) is 4. The molecule has 0 radical (unpaired) electrons. The van der Waals surface area contributed by atoms with Gasteiger partial charge in [-0.3, -0.25) is 20.2 Å². The first-order chi connectivity index (χ1) is 10.4. The predicted octanol–water partition coefficient (Wildman–Crippen LogP) is 0.957. The molecule has 0 spiro atoms. The molecule has 1 aliphatic rings. The van der Waals surface area contributed by atoms with Crippen LogP contribution in [0.5, 0.6) is 0 Å². The van der Waals surface area contributed by atoms with Crippen LogP contribution in [0.3, 0.4) is 0 Å². The van der Waals surface area contributed by atoms with Gasteiger partial charge in [0.2, 0.25) is 11.8 Å². The summed E-state index contributed by atoms with van der Waals surface area (Å²) in [5, 5.41) is 11.9. The number of nitrogens with one attached hydrogen (secondary N) is 2. The van der Waals surface area contributed by atoms with Gasteiger partial charge < -0.3 is 5.11 Å². The Hall–Kier alpha value is -2.96. The van der Waals surface area contributed by atoms with Gasteiger partial charge in [-0.15, -0.1) is 0 Å². The molecule has 0 aromatic heterocycles. The third-order valence-electron chi connectivity index (χ3n) is 3.20. The number of rotatable bonds is 3. The first-order valence-electron chi connectivity index (χ1n) is 6.46. The average molecular weight is 304 g/mol. The summed E-state index contributed by atoms with van der Waals surface area (Å²) in [6.45, 7) is 4.70. The standard InChI is InChI=1S/C12H12N2O3.C3H4O2/c1-2-12(8-6-4-3-5-7-8)9(15)13-11(17)14-10(12)16;1-2-3(4)5/h3-7H,2H2,1H3,(H2,13,14,15,16,17);2H,1H2,(H,4,5). The number of imide groups is 2. The van der Waals surface area contributed by atoms with E-state index in [9.17, 15) is 19.2 Å². The quantitative estimate of drug-likeness (QED) is 0.568. The molecule has 1 fully saturated rings. The molecule has 0 atom stereocenters. The molecule has 1 aromatic carbocycles. The van der Waals surface area contributed by atoms with Gasteiger partial charge in [-0.2, -0.15) is 0 Å². The SMILES string of the molecule is C=CC(=O)O.CCC1(c2ccccc2)C(=O)NC(=O)NC1=O. The van der Waals surface area contributed by atoms with E-state index in [1.54, 1.807) is 37.3 Å². The van der Waals surface area contributed by atoms with Crippen molar-refractivity contribution in [3.63, 3.8) is 0 Å². The van der Waals surface area contributed by atoms with Crippen molar-refractivity contribution < 1.29 is 24.3 Å². The molecule has 0 saturated carbocycles. The molecule has 1 saturated heterocycles. The first kappa shape index (κ1) is 17.1. The van der Waals surface area contributed by atoms with Crippen molar-refractivity contribution in [2.45, 2.75) is 18.8 Å². The van der Waals surface area contributed by atoms with Gasteiger partial charge in [0.1, 0.15) is 0 Å². The highest BCUT2D eigenvalue weighted by Crippen LogP contribution is 2.30. The monoisotopic (exact) mass is 304 g/mol. The van der Waals surface area contributed by atoms with E-state index in [1.165, 1.54) is 0 Å². The molecular weight excluding hydrogens is 288 g/mol. The second-order valence-electron chi connectivity index (χ2n) is 4.40. The number of urea groups is 1. The van der Waals surface area contributed by atoms with E-state index in [-0.39, 0.29) is 0 Å². The molecule has 7 nitrogen and oxygen atoms in total.